The zero-order chi connectivity index (χ0) is 14.8. The Kier molecular flexibility index (Phi) is 3.76. The maximum atomic E-state index is 13.3. The lowest BCUT2D eigenvalue weighted by molar-refractivity contribution is 0.624. The molecule has 2 aromatic carbocycles. The maximum Gasteiger partial charge on any atom is 0.123 e. The Bertz CT molecular complexity index is 759. The Balaban J connectivity index is 1.97. The fourth-order valence-corrected chi connectivity index (χ4v) is 2.78. The van der Waals surface area contributed by atoms with E-state index in [1.165, 1.54) is 17.0 Å². The highest BCUT2D eigenvalue weighted by molar-refractivity contribution is 5.83. The van der Waals surface area contributed by atoms with Crippen LogP contribution in [0.15, 0.2) is 54.7 Å². The molecule has 1 atom stereocenters. The van der Waals surface area contributed by atoms with Gasteiger partial charge < -0.3 is 10.3 Å². The van der Waals surface area contributed by atoms with Gasteiger partial charge in [-0.15, -0.1) is 0 Å². The van der Waals surface area contributed by atoms with Gasteiger partial charge in [0.05, 0.1) is 0 Å². The lowest BCUT2D eigenvalue weighted by Crippen LogP contribution is -2.17. The third kappa shape index (κ3) is 2.98. The van der Waals surface area contributed by atoms with Crippen molar-refractivity contribution in [2.45, 2.75) is 25.9 Å². The minimum atomic E-state index is -0.193. The zero-order valence-electron chi connectivity index (χ0n) is 12.1. The van der Waals surface area contributed by atoms with Gasteiger partial charge in [-0.05, 0) is 48.7 Å². The standard InChI is InChI=1S/C18H19FN2/c1-13(20)10-15-5-3-7-18-17(15)8-9-21(18)12-14-4-2-6-16(19)11-14/h2-9,11,13H,10,12,20H2,1H3. The fourth-order valence-electron chi connectivity index (χ4n) is 2.78. The van der Waals surface area contributed by atoms with Gasteiger partial charge in [-0.2, -0.15) is 0 Å². The van der Waals surface area contributed by atoms with Crippen molar-refractivity contribution in [2.75, 3.05) is 0 Å². The number of benzene rings is 2. The fraction of sp³-hybridized carbons (Fsp3) is 0.222. The minimum absolute atomic E-state index is 0.141. The molecule has 0 saturated carbocycles. The molecule has 0 radical (unpaired) electrons. The summed E-state index contributed by atoms with van der Waals surface area (Å²) >= 11 is 0. The van der Waals surface area contributed by atoms with Crippen LogP contribution >= 0.6 is 0 Å². The second kappa shape index (κ2) is 5.70. The SMILES string of the molecule is CC(N)Cc1cccc2c1ccn2Cc1cccc(F)c1. The van der Waals surface area contributed by atoms with E-state index in [9.17, 15) is 4.39 Å². The van der Waals surface area contributed by atoms with Crippen LogP contribution in [0.5, 0.6) is 0 Å². The van der Waals surface area contributed by atoms with Gasteiger partial charge in [0.2, 0.25) is 0 Å². The number of hydrogen-bond donors (Lipinski definition) is 1. The highest BCUT2D eigenvalue weighted by Crippen LogP contribution is 2.22. The van der Waals surface area contributed by atoms with Crippen molar-refractivity contribution >= 4 is 10.9 Å². The number of nitrogens with zero attached hydrogens (tertiary/aromatic N) is 1. The van der Waals surface area contributed by atoms with Gasteiger partial charge in [-0.3, -0.25) is 0 Å². The molecule has 0 saturated heterocycles. The van der Waals surface area contributed by atoms with Crippen molar-refractivity contribution < 1.29 is 4.39 Å². The largest absolute Gasteiger partial charge is 0.343 e. The van der Waals surface area contributed by atoms with Crippen molar-refractivity contribution in [1.82, 2.24) is 4.57 Å². The summed E-state index contributed by atoms with van der Waals surface area (Å²) < 4.78 is 15.4. The molecule has 0 aliphatic carbocycles. The van der Waals surface area contributed by atoms with E-state index in [1.807, 2.05) is 13.0 Å². The Hall–Kier alpha value is -2.13. The monoisotopic (exact) mass is 282 g/mol. The molecule has 0 bridgehead atoms. The summed E-state index contributed by atoms with van der Waals surface area (Å²) in [5.41, 5.74) is 9.31. The Morgan fingerprint density at radius 2 is 1.95 bits per heavy atom. The van der Waals surface area contributed by atoms with E-state index in [0.29, 0.717) is 6.54 Å². The molecular formula is C18H19FN2. The molecular weight excluding hydrogens is 263 g/mol. The summed E-state index contributed by atoms with van der Waals surface area (Å²) in [6.45, 7) is 2.69. The highest BCUT2D eigenvalue weighted by atomic mass is 19.1. The van der Waals surface area contributed by atoms with E-state index in [4.69, 9.17) is 5.73 Å². The summed E-state index contributed by atoms with van der Waals surface area (Å²) in [4.78, 5) is 0. The van der Waals surface area contributed by atoms with Crippen LogP contribution in [-0.4, -0.2) is 10.6 Å². The molecule has 0 fully saturated rings. The molecule has 2 nitrogen and oxygen atoms in total. The molecule has 108 valence electrons. The number of halogens is 1. The first-order valence-electron chi connectivity index (χ1n) is 7.20. The molecule has 0 aliphatic heterocycles. The predicted octanol–water partition coefficient (Wildman–Crippen LogP) is 3.72. The average Bonchev–Trinajstić information content (AvgIpc) is 2.83. The van der Waals surface area contributed by atoms with Gasteiger partial charge >= 0.3 is 0 Å². The van der Waals surface area contributed by atoms with Crippen LogP contribution in [0.3, 0.4) is 0 Å². The van der Waals surface area contributed by atoms with Crippen LogP contribution in [0, 0.1) is 5.82 Å². The topological polar surface area (TPSA) is 30.9 Å². The molecule has 3 heteroatoms. The van der Waals surface area contributed by atoms with Crippen molar-refractivity contribution in [2.24, 2.45) is 5.73 Å². The van der Waals surface area contributed by atoms with E-state index >= 15 is 0 Å². The number of rotatable bonds is 4. The van der Waals surface area contributed by atoms with Gasteiger partial charge in [0.25, 0.3) is 0 Å². The van der Waals surface area contributed by atoms with Crippen LogP contribution in [0.2, 0.25) is 0 Å². The summed E-state index contributed by atoms with van der Waals surface area (Å²) in [5, 5.41) is 1.23. The zero-order valence-corrected chi connectivity index (χ0v) is 12.1. The van der Waals surface area contributed by atoms with Crippen molar-refractivity contribution in [3.05, 3.63) is 71.7 Å². The molecule has 1 heterocycles. The van der Waals surface area contributed by atoms with Gasteiger partial charge in [0.15, 0.2) is 0 Å². The second-order valence-electron chi connectivity index (χ2n) is 5.60. The minimum Gasteiger partial charge on any atom is -0.343 e. The van der Waals surface area contributed by atoms with Crippen LogP contribution in [0.4, 0.5) is 4.39 Å². The summed E-state index contributed by atoms with van der Waals surface area (Å²) in [7, 11) is 0. The van der Waals surface area contributed by atoms with Crippen LogP contribution < -0.4 is 5.73 Å². The normalized spacial score (nSPS) is 12.7. The van der Waals surface area contributed by atoms with Crippen molar-refractivity contribution in [1.29, 1.82) is 0 Å². The Morgan fingerprint density at radius 3 is 2.71 bits per heavy atom. The van der Waals surface area contributed by atoms with Crippen molar-refractivity contribution in [3.63, 3.8) is 0 Å². The Labute approximate surface area is 124 Å². The molecule has 0 spiro atoms. The maximum absolute atomic E-state index is 13.3. The van der Waals surface area contributed by atoms with Crippen LogP contribution in [-0.2, 0) is 13.0 Å². The third-order valence-corrected chi connectivity index (χ3v) is 3.69. The van der Waals surface area contributed by atoms with Gasteiger partial charge in [0.1, 0.15) is 5.82 Å². The number of fused-ring (bicyclic) bond motifs is 1. The van der Waals surface area contributed by atoms with Gasteiger partial charge in [-0.25, -0.2) is 4.39 Å². The Morgan fingerprint density at radius 1 is 1.14 bits per heavy atom. The van der Waals surface area contributed by atoms with E-state index < -0.39 is 0 Å². The van der Waals surface area contributed by atoms with E-state index in [1.54, 1.807) is 12.1 Å². The summed E-state index contributed by atoms with van der Waals surface area (Å²) in [6.07, 6.45) is 2.92. The van der Waals surface area contributed by atoms with Crippen molar-refractivity contribution in [3.8, 4) is 0 Å². The smallest absolute Gasteiger partial charge is 0.123 e. The molecule has 0 amide bonds. The number of nitrogens with two attached hydrogens (primary N) is 1. The van der Waals surface area contributed by atoms with E-state index in [2.05, 4.69) is 35.0 Å². The van der Waals surface area contributed by atoms with E-state index in [0.717, 1.165) is 17.5 Å². The third-order valence-electron chi connectivity index (χ3n) is 3.69. The quantitative estimate of drug-likeness (QED) is 0.777. The van der Waals surface area contributed by atoms with Crippen LogP contribution in [0.25, 0.3) is 10.9 Å². The molecule has 0 aliphatic rings. The molecule has 1 aromatic heterocycles. The van der Waals surface area contributed by atoms with Crippen LogP contribution in [0.1, 0.15) is 18.1 Å². The number of hydrogen-bond acceptors (Lipinski definition) is 1. The first-order valence-corrected chi connectivity index (χ1v) is 7.20. The second-order valence-corrected chi connectivity index (χ2v) is 5.60. The summed E-state index contributed by atoms with van der Waals surface area (Å²) in [6, 6.07) is 15.3. The molecule has 2 N–H and O–H groups in total. The van der Waals surface area contributed by atoms with Gasteiger partial charge in [-0.1, -0.05) is 24.3 Å². The van der Waals surface area contributed by atoms with E-state index in [-0.39, 0.29) is 11.9 Å². The van der Waals surface area contributed by atoms with Gasteiger partial charge in [0, 0.05) is 29.7 Å². The molecule has 3 aromatic rings. The highest BCUT2D eigenvalue weighted by Gasteiger charge is 2.07. The first-order chi connectivity index (χ1) is 10.1. The first kappa shape index (κ1) is 13.8. The summed E-state index contributed by atoms with van der Waals surface area (Å²) in [5.74, 6) is -0.193. The molecule has 21 heavy (non-hydrogen) atoms. The molecule has 1 unspecified atom stereocenters. The molecule has 3 rings (SSSR count). The lowest BCUT2D eigenvalue weighted by atomic mass is 10.0. The lowest BCUT2D eigenvalue weighted by Gasteiger charge is -2.09. The predicted molar refractivity (Wildman–Crippen MR) is 84.8 cm³/mol. The average molecular weight is 282 g/mol. The number of aromatic nitrogens is 1.